The van der Waals surface area contributed by atoms with E-state index in [9.17, 15) is 8.42 Å². The SMILES string of the molecule is CCCSCC(N)CC1CCCN(S(C)(=O)=O)C1. The fraction of sp³-hybridized carbons (Fsp3) is 1.00. The van der Waals surface area contributed by atoms with Gasteiger partial charge in [0, 0.05) is 24.9 Å². The topological polar surface area (TPSA) is 63.4 Å². The monoisotopic (exact) mass is 294 g/mol. The van der Waals surface area contributed by atoms with Gasteiger partial charge in [0.1, 0.15) is 0 Å². The van der Waals surface area contributed by atoms with E-state index in [1.807, 2.05) is 11.8 Å². The lowest BCUT2D eigenvalue weighted by Gasteiger charge is -2.32. The second kappa shape index (κ2) is 7.72. The van der Waals surface area contributed by atoms with Crippen LogP contribution in [-0.2, 0) is 10.0 Å². The van der Waals surface area contributed by atoms with Crippen LogP contribution in [0.5, 0.6) is 0 Å². The summed E-state index contributed by atoms with van der Waals surface area (Å²) in [7, 11) is -3.03. The summed E-state index contributed by atoms with van der Waals surface area (Å²) in [5, 5.41) is 0. The summed E-state index contributed by atoms with van der Waals surface area (Å²) in [6.45, 7) is 3.50. The molecule has 6 heteroatoms. The number of hydrogen-bond acceptors (Lipinski definition) is 4. The summed E-state index contributed by atoms with van der Waals surface area (Å²) >= 11 is 1.90. The zero-order valence-corrected chi connectivity index (χ0v) is 13.1. The van der Waals surface area contributed by atoms with E-state index in [4.69, 9.17) is 5.73 Å². The Morgan fingerprint density at radius 2 is 2.22 bits per heavy atom. The van der Waals surface area contributed by atoms with Gasteiger partial charge >= 0.3 is 0 Å². The molecule has 4 nitrogen and oxygen atoms in total. The highest BCUT2D eigenvalue weighted by molar-refractivity contribution is 7.99. The van der Waals surface area contributed by atoms with E-state index in [0.717, 1.165) is 30.8 Å². The first-order valence-corrected chi connectivity index (χ1v) is 9.72. The molecule has 1 heterocycles. The maximum atomic E-state index is 11.5. The first-order valence-electron chi connectivity index (χ1n) is 6.72. The molecule has 0 aliphatic carbocycles. The Balaban J connectivity index is 2.33. The number of thioether (sulfide) groups is 1. The maximum absolute atomic E-state index is 11.5. The van der Waals surface area contributed by atoms with Crippen LogP contribution in [0.1, 0.15) is 32.6 Å². The fourth-order valence-corrected chi connectivity index (χ4v) is 4.23. The highest BCUT2D eigenvalue weighted by atomic mass is 32.2. The number of piperidine rings is 1. The minimum Gasteiger partial charge on any atom is -0.327 e. The van der Waals surface area contributed by atoms with Crippen LogP contribution in [0.4, 0.5) is 0 Å². The predicted molar refractivity (Wildman–Crippen MR) is 79.3 cm³/mol. The quantitative estimate of drug-likeness (QED) is 0.723. The van der Waals surface area contributed by atoms with Crippen molar-refractivity contribution in [2.75, 3.05) is 30.9 Å². The lowest BCUT2D eigenvalue weighted by Crippen LogP contribution is -2.41. The van der Waals surface area contributed by atoms with Crippen LogP contribution in [0.15, 0.2) is 0 Å². The molecule has 0 aromatic rings. The van der Waals surface area contributed by atoms with Crippen molar-refractivity contribution in [2.45, 2.75) is 38.6 Å². The maximum Gasteiger partial charge on any atom is 0.211 e. The van der Waals surface area contributed by atoms with Crippen molar-refractivity contribution >= 4 is 21.8 Å². The zero-order valence-electron chi connectivity index (χ0n) is 11.5. The van der Waals surface area contributed by atoms with Crippen molar-refractivity contribution in [3.05, 3.63) is 0 Å². The van der Waals surface area contributed by atoms with Gasteiger partial charge in [-0.15, -0.1) is 0 Å². The van der Waals surface area contributed by atoms with E-state index in [-0.39, 0.29) is 6.04 Å². The molecule has 0 aromatic carbocycles. The molecule has 0 radical (unpaired) electrons. The molecular formula is C12H26N2O2S2. The molecule has 18 heavy (non-hydrogen) atoms. The van der Waals surface area contributed by atoms with Gasteiger partial charge in [-0.2, -0.15) is 11.8 Å². The summed E-state index contributed by atoms with van der Waals surface area (Å²) in [6, 6.07) is 0.200. The van der Waals surface area contributed by atoms with Crippen molar-refractivity contribution in [2.24, 2.45) is 11.7 Å². The fourth-order valence-electron chi connectivity index (χ4n) is 2.40. The predicted octanol–water partition coefficient (Wildman–Crippen LogP) is 1.52. The normalized spacial score (nSPS) is 24.1. The third-order valence-corrected chi connectivity index (χ3v) is 5.90. The largest absolute Gasteiger partial charge is 0.327 e. The average Bonchev–Trinajstić information content (AvgIpc) is 2.28. The number of sulfonamides is 1. The van der Waals surface area contributed by atoms with Gasteiger partial charge in [0.25, 0.3) is 0 Å². The van der Waals surface area contributed by atoms with E-state index in [2.05, 4.69) is 6.92 Å². The molecule has 1 rings (SSSR count). The van der Waals surface area contributed by atoms with Gasteiger partial charge < -0.3 is 5.73 Å². The number of nitrogens with two attached hydrogens (primary N) is 1. The first kappa shape index (κ1) is 16.3. The molecule has 0 bridgehead atoms. The van der Waals surface area contributed by atoms with Crippen LogP contribution in [0.25, 0.3) is 0 Å². The highest BCUT2D eigenvalue weighted by Gasteiger charge is 2.26. The van der Waals surface area contributed by atoms with Crippen LogP contribution >= 0.6 is 11.8 Å². The van der Waals surface area contributed by atoms with Gasteiger partial charge in [-0.1, -0.05) is 6.92 Å². The summed E-state index contributed by atoms with van der Waals surface area (Å²) in [5.74, 6) is 2.59. The molecule has 0 aromatic heterocycles. The summed E-state index contributed by atoms with van der Waals surface area (Å²) in [5.41, 5.74) is 6.11. The van der Waals surface area contributed by atoms with Crippen LogP contribution in [0.3, 0.4) is 0 Å². The first-order chi connectivity index (χ1) is 8.43. The Hall–Kier alpha value is 0.220. The second-order valence-corrected chi connectivity index (χ2v) is 8.33. The van der Waals surface area contributed by atoms with Gasteiger partial charge in [-0.3, -0.25) is 0 Å². The lowest BCUT2D eigenvalue weighted by atomic mass is 9.93. The third-order valence-electron chi connectivity index (χ3n) is 3.27. The average molecular weight is 294 g/mol. The van der Waals surface area contributed by atoms with Gasteiger partial charge in [-0.05, 0) is 37.4 Å². The van der Waals surface area contributed by atoms with Gasteiger partial charge in [0.2, 0.25) is 10.0 Å². The molecule has 0 amide bonds. The minimum atomic E-state index is -3.03. The molecular weight excluding hydrogens is 268 g/mol. The van der Waals surface area contributed by atoms with Crippen LogP contribution < -0.4 is 5.73 Å². The van der Waals surface area contributed by atoms with Crippen molar-refractivity contribution in [3.63, 3.8) is 0 Å². The molecule has 1 aliphatic rings. The van der Waals surface area contributed by atoms with E-state index in [1.54, 1.807) is 4.31 Å². The molecule has 0 saturated carbocycles. The highest BCUT2D eigenvalue weighted by Crippen LogP contribution is 2.23. The summed E-state index contributed by atoms with van der Waals surface area (Å²) in [4.78, 5) is 0. The Labute approximate surface area is 116 Å². The summed E-state index contributed by atoms with van der Waals surface area (Å²) in [6.07, 6.45) is 5.50. The van der Waals surface area contributed by atoms with Crippen molar-refractivity contribution in [3.8, 4) is 0 Å². The molecule has 2 unspecified atom stereocenters. The van der Waals surface area contributed by atoms with Gasteiger partial charge in [-0.25, -0.2) is 12.7 Å². The number of nitrogens with zero attached hydrogens (tertiary/aromatic N) is 1. The molecule has 1 saturated heterocycles. The Bertz CT molecular complexity index is 333. The molecule has 1 fully saturated rings. The third kappa shape index (κ3) is 5.91. The van der Waals surface area contributed by atoms with Crippen molar-refractivity contribution in [1.82, 2.24) is 4.31 Å². The zero-order chi connectivity index (χ0) is 13.6. The van der Waals surface area contributed by atoms with E-state index < -0.39 is 10.0 Å². The lowest BCUT2D eigenvalue weighted by molar-refractivity contribution is 0.250. The smallest absolute Gasteiger partial charge is 0.211 e. The molecule has 2 N–H and O–H groups in total. The Kier molecular flexibility index (Phi) is 6.98. The van der Waals surface area contributed by atoms with Crippen molar-refractivity contribution in [1.29, 1.82) is 0 Å². The standard InChI is InChI=1S/C12H26N2O2S2/c1-3-7-17-10-12(13)8-11-5-4-6-14(9-11)18(2,15)16/h11-12H,3-10,13H2,1-2H3. The van der Waals surface area contributed by atoms with E-state index >= 15 is 0 Å². The number of hydrogen-bond donors (Lipinski definition) is 1. The van der Waals surface area contributed by atoms with Crippen LogP contribution in [-0.4, -0.2) is 49.6 Å². The Morgan fingerprint density at radius 1 is 1.50 bits per heavy atom. The summed E-state index contributed by atoms with van der Waals surface area (Å²) < 4.78 is 24.6. The van der Waals surface area contributed by atoms with E-state index in [0.29, 0.717) is 19.0 Å². The minimum absolute atomic E-state index is 0.200. The number of rotatable bonds is 7. The molecule has 108 valence electrons. The van der Waals surface area contributed by atoms with Gasteiger partial charge in [0.05, 0.1) is 6.26 Å². The molecule has 0 spiro atoms. The second-order valence-electron chi connectivity index (χ2n) is 5.20. The van der Waals surface area contributed by atoms with Crippen LogP contribution in [0, 0.1) is 5.92 Å². The van der Waals surface area contributed by atoms with E-state index in [1.165, 1.54) is 12.7 Å². The molecule has 2 atom stereocenters. The van der Waals surface area contributed by atoms with Crippen molar-refractivity contribution < 1.29 is 8.42 Å². The van der Waals surface area contributed by atoms with Gasteiger partial charge in [0.15, 0.2) is 0 Å². The van der Waals surface area contributed by atoms with Crippen LogP contribution in [0.2, 0.25) is 0 Å². The molecule has 1 aliphatic heterocycles. The Morgan fingerprint density at radius 3 is 2.83 bits per heavy atom.